The zero-order chi connectivity index (χ0) is 14.6. The van der Waals surface area contributed by atoms with Crippen LogP contribution < -0.4 is 5.32 Å². The van der Waals surface area contributed by atoms with Crippen molar-refractivity contribution in [1.82, 2.24) is 5.32 Å². The molecular weight excluding hydrogens is 265 g/mol. The standard InChI is InChI=1S/C14H20FNO2S/c1-14(2,3)12(17)8-16-13(18)9-5-6-10(15)11(7-9)19-4/h5-7,12,17H,8H2,1-4H3,(H,16,18). The van der Waals surface area contributed by atoms with Gasteiger partial charge in [0.25, 0.3) is 5.91 Å². The Hall–Kier alpha value is -1.07. The van der Waals surface area contributed by atoms with Crippen LogP contribution in [-0.4, -0.2) is 29.9 Å². The molecule has 2 N–H and O–H groups in total. The summed E-state index contributed by atoms with van der Waals surface area (Å²) in [7, 11) is 0. The van der Waals surface area contributed by atoms with Gasteiger partial charge >= 0.3 is 0 Å². The van der Waals surface area contributed by atoms with Crippen LogP contribution in [0.3, 0.4) is 0 Å². The van der Waals surface area contributed by atoms with Crippen LogP contribution in [-0.2, 0) is 0 Å². The first-order valence-electron chi connectivity index (χ1n) is 6.05. The SMILES string of the molecule is CSc1cc(C(=O)NCC(O)C(C)(C)C)ccc1F. The van der Waals surface area contributed by atoms with Crippen molar-refractivity contribution in [2.45, 2.75) is 31.8 Å². The summed E-state index contributed by atoms with van der Waals surface area (Å²) >= 11 is 1.25. The summed E-state index contributed by atoms with van der Waals surface area (Å²) in [4.78, 5) is 12.3. The molecule has 1 unspecified atom stereocenters. The van der Waals surface area contributed by atoms with Gasteiger partial charge in [0.15, 0.2) is 0 Å². The fraction of sp³-hybridized carbons (Fsp3) is 0.500. The summed E-state index contributed by atoms with van der Waals surface area (Å²) in [6.45, 7) is 5.86. The molecular formula is C14H20FNO2S. The highest BCUT2D eigenvalue weighted by atomic mass is 32.2. The second kappa shape index (κ2) is 6.39. The number of aliphatic hydroxyl groups excluding tert-OH is 1. The molecule has 1 amide bonds. The fourth-order valence-electron chi connectivity index (χ4n) is 1.40. The van der Waals surface area contributed by atoms with E-state index in [1.54, 1.807) is 6.26 Å². The third-order valence-electron chi connectivity index (χ3n) is 2.87. The number of thioether (sulfide) groups is 1. The molecule has 0 saturated carbocycles. The minimum Gasteiger partial charge on any atom is -0.391 e. The van der Waals surface area contributed by atoms with Crippen molar-refractivity contribution in [1.29, 1.82) is 0 Å². The van der Waals surface area contributed by atoms with E-state index in [1.807, 2.05) is 20.8 Å². The minimum absolute atomic E-state index is 0.175. The third-order valence-corrected chi connectivity index (χ3v) is 3.62. The third kappa shape index (κ3) is 4.51. The number of nitrogens with one attached hydrogen (secondary N) is 1. The Bertz CT molecular complexity index is 457. The van der Waals surface area contributed by atoms with E-state index in [0.29, 0.717) is 10.5 Å². The number of hydrogen-bond donors (Lipinski definition) is 2. The summed E-state index contributed by atoms with van der Waals surface area (Å²) in [5.41, 5.74) is 0.104. The maximum Gasteiger partial charge on any atom is 0.251 e. The maximum atomic E-state index is 13.3. The van der Waals surface area contributed by atoms with E-state index >= 15 is 0 Å². The molecule has 19 heavy (non-hydrogen) atoms. The molecule has 0 spiro atoms. The number of hydrogen-bond acceptors (Lipinski definition) is 3. The zero-order valence-electron chi connectivity index (χ0n) is 11.7. The molecule has 0 aliphatic rings. The van der Waals surface area contributed by atoms with Crippen molar-refractivity contribution in [3.05, 3.63) is 29.6 Å². The molecule has 5 heteroatoms. The molecule has 0 aromatic heterocycles. The maximum absolute atomic E-state index is 13.3. The molecule has 1 aromatic carbocycles. The lowest BCUT2D eigenvalue weighted by Gasteiger charge is -2.25. The molecule has 3 nitrogen and oxygen atoms in total. The highest BCUT2D eigenvalue weighted by molar-refractivity contribution is 7.98. The van der Waals surface area contributed by atoms with Crippen LogP contribution in [0.1, 0.15) is 31.1 Å². The molecule has 0 heterocycles. The van der Waals surface area contributed by atoms with Crippen LogP contribution in [0.4, 0.5) is 4.39 Å². The van der Waals surface area contributed by atoms with E-state index in [4.69, 9.17) is 0 Å². The Kier molecular flexibility index (Phi) is 5.38. The topological polar surface area (TPSA) is 49.3 Å². The number of carbonyl (C=O) groups excluding carboxylic acids is 1. The predicted molar refractivity (Wildman–Crippen MR) is 76.0 cm³/mol. The molecule has 1 atom stereocenters. The smallest absolute Gasteiger partial charge is 0.251 e. The number of rotatable bonds is 4. The van der Waals surface area contributed by atoms with E-state index in [0.717, 1.165) is 0 Å². The Balaban J connectivity index is 2.69. The number of halogens is 1. The minimum atomic E-state index is -0.628. The van der Waals surface area contributed by atoms with Crippen molar-refractivity contribution < 1.29 is 14.3 Å². The van der Waals surface area contributed by atoms with Crippen molar-refractivity contribution >= 4 is 17.7 Å². The Morgan fingerprint density at radius 1 is 1.47 bits per heavy atom. The van der Waals surface area contributed by atoms with Crippen molar-refractivity contribution in [2.24, 2.45) is 5.41 Å². The van der Waals surface area contributed by atoms with Crippen molar-refractivity contribution in [2.75, 3.05) is 12.8 Å². The van der Waals surface area contributed by atoms with E-state index in [2.05, 4.69) is 5.32 Å². The number of benzene rings is 1. The Labute approximate surface area is 117 Å². The van der Waals surface area contributed by atoms with Gasteiger partial charge < -0.3 is 10.4 Å². The molecule has 0 fully saturated rings. The lowest BCUT2D eigenvalue weighted by Crippen LogP contribution is -2.39. The van der Waals surface area contributed by atoms with Gasteiger partial charge in [0.1, 0.15) is 5.82 Å². The van der Waals surface area contributed by atoms with E-state index in [9.17, 15) is 14.3 Å². The molecule has 0 aliphatic heterocycles. The van der Waals surface area contributed by atoms with Gasteiger partial charge in [-0.1, -0.05) is 20.8 Å². The zero-order valence-corrected chi connectivity index (χ0v) is 12.5. The second-order valence-electron chi connectivity index (χ2n) is 5.44. The highest BCUT2D eigenvalue weighted by Gasteiger charge is 2.22. The molecule has 0 aliphatic carbocycles. The first-order valence-corrected chi connectivity index (χ1v) is 7.28. The molecule has 0 saturated heterocycles. The van der Waals surface area contributed by atoms with Crippen LogP contribution in [0, 0.1) is 11.2 Å². The van der Waals surface area contributed by atoms with Gasteiger partial charge in [-0.05, 0) is 29.9 Å². The second-order valence-corrected chi connectivity index (χ2v) is 6.29. The Morgan fingerprint density at radius 2 is 2.11 bits per heavy atom. The summed E-state index contributed by atoms with van der Waals surface area (Å²) in [5.74, 6) is -0.641. The lowest BCUT2D eigenvalue weighted by molar-refractivity contribution is 0.0587. The van der Waals surface area contributed by atoms with E-state index in [-0.39, 0.29) is 23.7 Å². The van der Waals surface area contributed by atoms with Gasteiger partial charge in [0.2, 0.25) is 0 Å². The largest absolute Gasteiger partial charge is 0.391 e. The summed E-state index contributed by atoms with van der Waals surface area (Å²) < 4.78 is 13.3. The number of amides is 1. The number of aliphatic hydroxyl groups is 1. The Morgan fingerprint density at radius 3 is 2.63 bits per heavy atom. The van der Waals surface area contributed by atoms with Crippen molar-refractivity contribution in [3.8, 4) is 0 Å². The summed E-state index contributed by atoms with van der Waals surface area (Å²) in [6, 6.07) is 4.23. The van der Waals surface area contributed by atoms with E-state index in [1.165, 1.54) is 30.0 Å². The normalized spacial score (nSPS) is 13.2. The summed E-state index contributed by atoms with van der Waals surface area (Å²) in [5, 5.41) is 12.5. The average Bonchev–Trinajstić information content (AvgIpc) is 2.34. The molecule has 1 rings (SSSR count). The molecule has 106 valence electrons. The highest BCUT2D eigenvalue weighted by Crippen LogP contribution is 2.21. The predicted octanol–water partition coefficient (Wildman–Crippen LogP) is 2.68. The van der Waals surface area contributed by atoms with E-state index < -0.39 is 6.10 Å². The first-order chi connectivity index (χ1) is 8.75. The monoisotopic (exact) mass is 285 g/mol. The van der Waals surface area contributed by atoms with Crippen LogP contribution in [0.15, 0.2) is 23.1 Å². The molecule has 1 aromatic rings. The quantitative estimate of drug-likeness (QED) is 0.836. The van der Waals surface area contributed by atoms with Gasteiger partial charge in [0, 0.05) is 17.0 Å². The van der Waals surface area contributed by atoms with Crippen LogP contribution in [0.25, 0.3) is 0 Å². The van der Waals surface area contributed by atoms with Gasteiger partial charge in [0.05, 0.1) is 6.10 Å². The average molecular weight is 285 g/mol. The van der Waals surface area contributed by atoms with Gasteiger partial charge in [-0.3, -0.25) is 4.79 Å². The van der Waals surface area contributed by atoms with Crippen LogP contribution in [0.5, 0.6) is 0 Å². The molecule has 0 radical (unpaired) electrons. The molecule has 0 bridgehead atoms. The van der Waals surface area contributed by atoms with Gasteiger partial charge in [-0.25, -0.2) is 4.39 Å². The lowest BCUT2D eigenvalue weighted by atomic mass is 9.89. The van der Waals surface area contributed by atoms with Crippen LogP contribution in [0.2, 0.25) is 0 Å². The van der Waals surface area contributed by atoms with Crippen molar-refractivity contribution in [3.63, 3.8) is 0 Å². The van der Waals surface area contributed by atoms with Gasteiger partial charge in [-0.2, -0.15) is 0 Å². The van der Waals surface area contributed by atoms with Gasteiger partial charge in [-0.15, -0.1) is 11.8 Å². The number of carbonyl (C=O) groups is 1. The first kappa shape index (κ1) is 16.0. The fourth-order valence-corrected chi connectivity index (χ4v) is 1.91. The van der Waals surface area contributed by atoms with Crippen LogP contribution >= 0.6 is 11.8 Å². The summed E-state index contributed by atoms with van der Waals surface area (Å²) in [6.07, 6.45) is 1.13.